The zero-order valence-electron chi connectivity index (χ0n) is 17.5. The number of hydrogen-bond donors (Lipinski definition) is 0. The zero-order chi connectivity index (χ0) is 21.6. The molecule has 7 heteroatoms. The Balaban J connectivity index is 1.54. The summed E-state index contributed by atoms with van der Waals surface area (Å²) in [6.07, 6.45) is 2.14. The minimum absolute atomic E-state index is 0.166. The molecule has 0 fully saturated rings. The molecule has 1 atom stereocenters. The largest absolute Gasteiger partial charge is 0.497 e. The van der Waals surface area contributed by atoms with Crippen molar-refractivity contribution in [2.45, 2.75) is 19.4 Å². The normalized spacial score (nSPS) is 15.5. The second kappa shape index (κ2) is 9.38. The van der Waals surface area contributed by atoms with Crippen LogP contribution in [0.25, 0.3) is 0 Å². The molecule has 0 saturated carbocycles. The number of benzene rings is 2. The smallest absolute Gasteiger partial charge is 0.281 e. The summed E-state index contributed by atoms with van der Waals surface area (Å²) in [4.78, 5) is 13.1. The minimum Gasteiger partial charge on any atom is -0.497 e. The van der Waals surface area contributed by atoms with Crippen LogP contribution in [-0.2, 0) is 4.79 Å². The van der Waals surface area contributed by atoms with Crippen LogP contribution < -0.4 is 14.2 Å². The fraction of sp³-hybridized carbons (Fsp3) is 0.250. The fourth-order valence-electron chi connectivity index (χ4n) is 3.45. The molecule has 1 amide bonds. The molecule has 1 unspecified atom stereocenters. The van der Waals surface area contributed by atoms with Crippen LogP contribution in [0.4, 0.5) is 0 Å². The van der Waals surface area contributed by atoms with Gasteiger partial charge < -0.3 is 18.6 Å². The van der Waals surface area contributed by atoms with E-state index in [9.17, 15) is 4.79 Å². The van der Waals surface area contributed by atoms with E-state index in [-0.39, 0.29) is 18.6 Å². The molecule has 160 valence electrons. The highest BCUT2D eigenvalue weighted by Gasteiger charge is 2.35. The van der Waals surface area contributed by atoms with Gasteiger partial charge in [0.25, 0.3) is 5.91 Å². The number of carbonyl (C=O) groups excluding carboxylic acids is 1. The lowest BCUT2D eigenvalue weighted by atomic mass is 10.0. The van der Waals surface area contributed by atoms with E-state index in [1.54, 1.807) is 25.5 Å². The van der Waals surface area contributed by atoms with E-state index < -0.39 is 0 Å². The molecule has 7 nitrogen and oxygen atoms in total. The number of hydrogen-bond acceptors (Lipinski definition) is 6. The van der Waals surface area contributed by atoms with E-state index in [1.807, 2.05) is 55.5 Å². The van der Waals surface area contributed by atoms with Gasteiger partial charge in [0.1, 0.15) is 17.6 Å². The van der Waals surface area contributed by atoms with Crippen molar-refractivity contribution >= 4 is 11.6 Å². The van der Waals surface area contributed by atoms with Crippen LogP contribution in [0.5, 0.6) is 17.2 Å². The molecule has 0 N–H and O–H groups in total. The van der Waals surface area contributed by atoms with Gasteiger partial charge in [0.15, 0.2) is 18.1 Å². The highest BCUT2D eigenvalue weighted by atomic mass is 16.5. The lowest BCUT2D eigenvalue weighted by Gasteiger charge is -2.20. The number of nitrogens with zero attached hydrogens (tertiary/aromatic N) is 2. The SMILES string of the molecule is CCOc1ccccc1OCC(=O)N1N=C(c2ccc(OC)cc2)CC1c1ccco1. The van der Waals surface area contributed by atoms with Crippen LogP contribution in [0.2, 0.25) is 0 Å². The molecule has 3 aromatic rings. The maximum absolute atomic E-state index is 13.1. The van der Waals surface area contributed by atoms with Crippen LogP contribution in [0.1, 0.15) is 30.7 Å². The van der Waals surface area contributed by atoms with Crippen molar-refractivity contribution in [3.05, 3.63) is 78.3 Å². The number of furan rings is 1. The monoisotopic (exact) mass is 420 g/mol. The van der Waals surface area contributed by atoms with Gasteiger partial charge in [0.2, 0.25) is 0 Å². The Morgan fingerprint density at radius 2 is 1.81 bits per heavy atom. The van der Waals surface area contributed by atoms with Gasteiger partial charge >= 0.3 is 0 Å². The molecule has 1 aliphatic heterocycles. The molecular formula is C24H24N2O5. The topological polar surface area (TPSA) is 73.5 Å². The summed E-state index contributed by atoms with van der Waals surface area (Å²) in [5, 5.41) is 6.06. The first kappa shape index (κ1) is 20.5. The first-order chi connectivity index (χ1) is 15.2. The molecular weight excluding hydrogens is 396 g/mol. The third kappa shape index (κ3) is 4.55. The number of amides is 1. The summed E-state index contributed by atoms with van der Waals surface area (Å²) in [6, 6.07) is 18.2. The number of hydrazone groups is 1. The lowest BCUT2D eigenvalue weighted by molar-refractivity contribution is -0.135. The Bertz CT molecular complexity index is 1040. The lowest BCUT2D eigenvalue weighted by Crippen LogP contribution is -2.31. The second-order valence-corrected chi connectivity index (χ2v) is 6.92. The van der Waals surface area contributed by atoms with Crippen molar-refractivity contribution in [1.29, 1.82) is 0 Å². The first-order valence-corrected chi connectivity index (χ1v) is 10.1. The van der Waals surface area contributed by atoms with Gasteiger partial charge in [0, 0.05) is 6.42 Å². The molecule has 0 bridgehead atoms. The van der Waals surface area contributed by atoms with Crippen LogP contribution in [-0.4, -0.2) is 37.0 Å². The molecule has 2 heterocycles. The molecule has 31 heavy (non-hydrogen) atoms. The second-order valence-electron chi connectivity index (χ2n) is 6.92. The highest BCUT2D eigenvalue weighted by Crippen LogP contribution is 2.34. The zero-order valence-corrected chi connectivity index (χ0v) is 17.5. The number of ether oxygens (including phenoxy) is 3. The van der Waals surface area contributed by atoms with E-state index in [2.05, 4.69) is 5.10 Å². The van der Waals surface area contributed by atoms with Crippen molar-refractivity contribution in [1.82, 2.24) is 5.01 Å². The molecule has 4 rings (SSSR count). The Morgan fingerprint density at radius 1 is 1.06 bits per heavy atom. The average Bonchev–Trinajstić information content (AvgIpc) is 3.49. The van der Waals surface area contributed by atoms with Gasteiger partial charge in [0.05, 0.1) is 25.7 Å². The molecule has 2 aromatic carbocycles. The van der Waals surface area contributed by atoms with Crippen molar-refractivity contribution < 1.29 is 23.4 Å². The maximum Gasteiger partial charge on any atom is 0.281 e. The quantitative estimate of drug-likeness (QED) is 0.539. The summed E-state index contributed by atoms with van der Waals surface area (Å²) in [5.74, 6) is 2.29. The summed E-state index contributed by atoms with van der Waals surface area (Å²) in [7, 11) is 1.62. The molecule has 0 saturated heterocycles. The van der Waals surface area contributed by atoms with E-state index in [4.69, 9.17) is 18.6 Å². The number of para-hydroxylation sites is 2. The molecule has 1 aromatic heterocycles. The summed E-state index contributed by atoms with van der Waals surface area (Å²) < 4.78 is 22.1. The Morgan fingerprint density at radius 3 is 2.45 bits per heavy atom. The van der Waals surface area contributed by atoms with E-state index in [1.165, 1.54) is 5.01 Å². The standard InChI is InChI=1S/C24H24N2O5/c1-3-29-22-7-4-5-8-23(22)31-16-24(27)26-20(21-9-6-14-30-21)15-19(25-26)17-10-12-18(28-2)13-11-17/h4-14,20H,3,15-16H2,1-2H3. The van der Waals surface area contributed by atoms with E-state index in [0.29, 0.717) is 30.3 Å². The maximum atomic E-state index is 13.1. The van der Waals surface area contributed by atoms with Crippen molar-refractivity contribution in [3.8, 4) is 17.2 Å². The Kier molecular flexibility index (Phi) is 6.21. The van der Waals surface area contributed by atoms with Crippen molar-refractivity contribution in [2.75, 3.05) is 20.3 Å². The first-order valence-electron chi connectivity index (χ1n) is 10.1. The van der Waals surface area contributed by atoms with Crippen LogP contribution in [0.15, 0.2) is 76.4 Å². The molecule has 0 aliphatic carbocycles. The molecule has 0 spiro atoms. The highest BCUT2D eigenvalue weighted by molar-refractivity contribution is 6.03. The molecule has 0 radical (unpaired) electrons. The van der Waals surface area contributed by atoms with Gasteiger partial charge in [-0.15, -0.1) is 0 Å². The average molecular weight is 420 g/mol. The third-order valence-corrected chi connectivity index (χ3v) is 4.96. The van der Waals surface area contributed by atoms with Gasteiger partial charge in [-0.1, -0.05) is 12.1 Å². The molecule has 1 aliphatic rings. The van der Waals surface area contributed by atoms with Crippen molar-refractivity contribution in [3.63, 3.8) is 0 Å². The van der Waals surface area contributed by atoms with Crippen molar-refractivity contribution in [2.24, 2.45) is 5.10 Å². The predicted octanol–water partition coefficient (Wildman–Crippen LogP) is 4.44. The van der Waals surface area contributed by atoms with Gasteiger partial charge in [-0.3, -0.25) is 4.79 Å². The Labute approximate surface area is 180 Å². The number of rotatable bonds is 8. The van der Waals surface area contributed by atoms with E-state index >= 15 is 0 Å². The van der Waals surface area contributed by atoms with Gasteiger partial charge in [-0.2, -0.15) is 5.10 Å². The summed E-state index contributed by atoms with van der Waals surface area (Å²) >= 11 is 0. The number of methoxy groups -OCH3 is 1. The van der Waals surface area contributed by atoms with Gasteiger partial charge in [-0.05, 0) is 61.0 Å². The minimum atomic E-state index is -0.328. The van der Waals surface area contributed by atoms with Gasteiger partial charge in [-0.25, -0.2) is 5.01 Å². The summed E-state index contributed by atoms with van der Waals surface area (Å²) in [5.41, 5.74) is 1.72. The third-order valence-electron chi connectivity index (χ3n) is 4.96. The van der Waals surface area contributed by atoms with Crippen LogP contribution in [0.3, 0.4) is 0 Å². The van der Waals surface area contributed by atoms with E-state index in [0.717, 1.165) is 17.0 Å². The predicted molar refractivity (Wildman–Crippen MR) is 116 cm³/mol. The fourth-order valence-corrected chi connectivity index (χ4v) is 3.45. The van der Waals surface area contributed by atoms with Crippen LogP contribution in [0, 0.1) is 0 Å². The number of carbonyl (C=O) groups is 1. The summed E-state index contributed by atoms with van der Waals surface area (Å²) in [6.45, 7) is 2.24. The Hall–Kier alpha value is -3.74. The van der Waals surface area contributed by atoms with Crippen LogP contribution >= 0.6 is 0 Å².